The van der Waals surface area contributed by atoms with Crippen LogP contribution in [0.1, 0.15) is 50.0 Å². The minimum atomic E-state index is -0.138. The number of rotatable bonds is 4. The quantitative estimate of drug-likeness (QED) is 0.818. The van der Waals surface area contributed by atoms with E-state index in [-0.39, 0.29) is 29.6 Å². The number of likely N-dealkylation sites (tertiary alicyclic amines) is 2. The Hall–Kier alpha value is -2.04. The van der Waals surface area contributed by atoms with Gasteiger partial charge in [-0.1, -0.05) is 25.0 Å². The molecule has 0 radical (unpaired) electrons. The van der Waals surface area contributed by atoms with Gasteiger partial charge in [0.25, 0.3) is 0 Å². The highest BCUT2D eigenvalue weighted by molar-refractivity contribution is 5.84. The third-order valence-corrected chi connectivity index (χ3v) is 6.59. The van der Waals surface area contributed by atoms with Gasteiger partial charge in [0.15, 0.2) is 0 Å². The van der Waals surface area contributed by atoms with Crippen molar-refractivity contribution in [3.05, 3.63) is 29.8 Å². The third kappa shape index (κ3) is 3.69. The number of hydrogen-bond donors (Lipinski definition) is 0. The lowest BCUT2D eigenvalue weighted by atomic mass is 9.88. The van der Waals surface area contributed by atoms with Crippen LogP contribution in [0.25, 0.3) is 0 Å². The van der Waals surface area contributed by atoms with Crippen molar-refractivity contribution >= 4 is 11.8 Å². The molecule has 0 N–H and O–H groups in total. The van der Waals surface area contributed by atoms with Crippen molar-refractivity contribution in [2.45, 2.75) is 44.4 Å². The summed E-state index contributed by atoms with van der Waals surface area (Å²) in [6, 6.07) is 8.00. The number of amides is 2. The van der Waals surface area contributed by atoms with Crippen LogP contribution in [0.5, 0.6) is 5.75 Å². The van der Waals surface area contributed by atoms with E-state index in [1.807, 2.05) is 28.0 Å². The van der Waals surface area contributed by atoms with Crippen molar-refractivity contribution in [2.75, 3.05) is 33.3 Å². The lowest BCUT2D eigenvalue weighted by Gasteiger charge is -2.24. The minimum absolute atomic E-state index is 0.0542. The second-order valence-electron chi connectivity index (χ2n) is 8.25. The van der Waals surface area contributed by atoms with Gasteiger partial charge in [-0.25, -0.2) is 0 Å². The predicted molar refractivity (Wildman–Crippen MR) is 104 cm³/mol. The van der Waals surface area contributed by atoms with E-state index in [0.717, 1.165) is 62.9 Å². The molecule has 2 unspecified atom stereocenters. The lowest BCUT2D eigenvalue weighted by molar-refractivity contribution is -0.136. The molecule has 0 aromatic heterocycles. The molecule has 2 saturated heterocycles. The molecule has 2 aliphatic heterocycles. The molecule has 2 amide bonds. The zero-order valence-corrected chi connectivity index (χ0v) is 16.2. The molecule has 1 aromatic carbocycles. The van der Waals surface area contributed by atoms with Gasteiger partial charge in [-0.2, -0.15) is 0 Å². The number of benzene rings is 1. The Morgan fingerprint density at radius 1 is 0.963 bits per heavy atom. The molecule has 2 heterocycles. The van der Waals surface area contributed by atoms with Gasteiger partial charge < -0.3 is 14.5 Å². The zero-order chi connectivity index (χ0) is 18.8. The van der Waals surface area contributed by atoms with Crippen LogP contribution in [0.3, 0.4) is 0 Å². The summed E-state index contributed by atoms with van der Waals surface area (Å²) in [6.07, 6.45) is 6.49. The number of carbonyl (C=O) groups excluding carboxylic acids is 2. The molecule has 1 aromatic rings. The van der Waals surface area contributed by atoms with E-state index in [9.17, 15) is 9.59 Å². The molecule has 3 fully saturated rings. The van der Waals surface area contributed by atoms with E-state index >= 15 is 0 Å². The number of carbonyl (C=O) groups is 2. The van der Waals surface area contributed by atoms with E-state index in [2.05, 4.69) is 6.07 Å². The Morgan fingerprint density at radius 2 is 1.70 bits per heavy atom. The van der Waals surface area contributed by atoms with Crippen molar-refractivity contribution in [2.24, 2.45) is 11.8 Å². The number of methoxy groups -OCH3 is 1. The summed E-state index contributed by atoms with van der Waals surface area (Å²) in [4.78, 5) is 30.2. The Bertz CT molecular complexity index is 693. The number of hydrogen-bond acceptors (Lipinski definition) is 3. The second kappa shape index (κ2) is 7.91. The van der Waals surface area contributed by atoms with Crippen LogP contribution >= 0.6 is 0 Å². The summed E-state index contributed by atoms with van der Waals surface area (Å²) in [6.45, 7) is 2.92. The Balaban J connectivity index is 1.58. The second-order valence-corrected chi connectivity index (χ2v) is 8.25. The first-order valence-electron chi connectivity index (χ1n) is 10.4. The van der Waals surface area contributed by atoms with Gasteiger partial charge in [0.2, 0.25) is 11.8 Å². The van der Waals surface area contributed by atoms with Gasteiger partial charge in [-0.3, -0.25) is 9.59 Å². The molecule has 0 spiro atoms. The smallest absolute Gasteiger partial charge is 0.228 e. The van der Waals surface area contributed by atoms with E-state index in [1.165, 1.54) is 0 Å². The van der Waals surface area contributed by atoms with Gasteiger partial charge >= 0.3 is 0 Å². The van der Waals surface area contributed by atoms with Gasteiger partial charge in [-0.15, -0.1) is 0 Å². The maximum Gasteiger partial charge on any atom is 0.228 e. The summed E-state index contributed by atoms with van der Waals surface area (Å²) in [5, 5.41) is 0. The largest absolute Gasteiger partial charge is 0.497 e. The average Bonchev–Trinajstić information content (AvgIpc) is 3.48. The molecule has 3 aliphatic rings. The standard InChI is InChI=1S/C22H30N2O3/c1-27-18-10-6-9-17(13-18)19-14-24(21(25)16-7-2-3-8-16)15-20(19)22(26)23-11-4-5-12-23/h6,9-10,13,16,19-20H,2-5,7-8,11-12,14-15H2,1H3. The van der Waals surface area contributed by atoms with Crippen LogP contribution in [0.15, 0.2) is 24.3 Å². The van der Waals surface area contributed by atoms with Gasteiger partial charge in [0.05, 0.1) is 13.0 Å². The molecule has 27 heavy (non-hydrogen) atoms. The highest BCUT2D eigenvalue weighted by Crippen LogP contribution is 2.38. The maximum absolute atomic E-state index is 13.2. The number of ether oxygens (including phenoxy) is 1. The third-order valence-electron chi connectivity index (χ3n) is 6.59. The first-order valence-corrected chi connectivity index (χ1v) is 10.4. The van der Waals surface area contributed by atoms with E-state index < -0.39 is 0 Å². The monoisotopic (exact) mass is 370 g/mol. The van der Waals surface area contributed by atoms with E-state index in [4.69, 9.17) is 4.74 Å². The summed E-state index contributed by atoms with van der Waals surface area (Å²) >= 11 is 0. The SMILES string of the molecule is COc1cccc(C2CN(C(=O)C3CCCC3)CC2C(=O)N2CCCC2)c1. The van der Waals surface area contributed by atoms with E-state index in [0.29, 0.717) is 13.1 Å². The summed E-state index contributed by atoms with van der Waals surface area (Å²) < 4.78 is 5.39. The highest BCUT2D eigenvalue weighted by atomic mass is 16.5. The average molecular weight is 370 g/mol. The van der Waals surface area contributed by atoms with Gasteiger partial charge in [0, 0.05) is 38.0 Å². The first-order chi connectivity index (χ1) is 13.2. The van der Waals surface area contributed by atoms with Crippen molar-refractivity contribution in [3.8, 4) is 5.75 Å². The molecule has 0 bridgehead atoms. The topological polar surface area (TPSA) is 49.9 Å². The molecular weight excluding hydrogens is 340 g/mol. The summed E-state index contributed by atoms with van der Waals surface area (Å²) in [5.74, 6) is 1.37. The minimum Gasteiger partial charge on any atom is -0.497 e. The number of nitrogens with zero attached hydrogens (tertiary/aromatic N) is 2. The fraction of sp³-hybridized carbons (Fsp3) is 0.636. The van der Waals surface area contributed by atoms with E-state index in [1.54, 1.807) is 7.11 Å². The summed E-state index contributed by atoms with van der Waals surface area (Å²) in [5.41, 5.74) is 1.11. The Labute approximate surface area is 161 Å². The first kappa shape index (κ1) is 18.3. The fourth-order valence-electron chi connectivity index (χ4n) is 5.05. The summed E-state index contributed by atoms with van der Waals surface area (Å²) in [7, 11) is 1.66. The Morgan fingerprint density at radius 3 is 2.41 bits per heavy atom. The highest BCUT2D eigenvalue weighted by Gasteiger charge is 2.43. The van der Waals surface area contributed by atoms with Crippen LogP contribution in [0.2, 0.25) is 0 Å². The normalized spacial score (nSPS) is 26.0. The van der Waals surface area contributed by atoms with Gasteiger partial charge in [0.1, 0.15) is 5.75 Å². The zero-order valence-electron chi connectivity index (χ0n) is 16.2. The molecule has 146 valence electrons. The van der Waals surface area contributed by atoms with Crippen LogP contribution in [0, 0.1) is 11.8 Å². The molecular formula is C22H30N2O3. The molecule has 5 nitrogen and oxygen atoms in total. The molecule has 1 saturated carbocycles. The van der Waals surface area contributed by atoms with Crippen LogP contribution in [-0.4, -0.2) is 54.9 Å². The molecule has 4 rings (SSSR count). The van der Waals surface area contributed by atoms with Crippen LogP contribution < -0.4 is 4.74 Å². The molecule has 2 atom stereocenters. The molecule has 5 heteroatoms. The van der Waals surface area contributed by atoms with Crippen molar-refractivity contribution in [1.82, 2.24) is 9.80 Å². The molecule has 1 aliphatic carbocycles. The van der Waals surface area contributed by atoms with Crippen LogP contribution in [-0.2, 0) is 9.59 Å². The van der Waals surface area contributed by atoms with Crippen molar-refractivity contribution < 1.29 is 14.3 Å². The van der Waals surface area contributed by atoms with Gasteiger partial charge in [-0.05, 0) is 43.4 Å². The Kier molecular flexibility index (Phi) is 5.37. The predicted octanol–water partition coefficient (Wildman–Crippen LogP) is 3.05. The van der Waals surface area contributed by atoms with Crippen molar-refractivity contribution in [1.29, 1.82) is 0 Å². The lowest BCUT2D eigenvalue weighted by Crippen LogP contribution is -2.38. The maximum atomic E-state index is 13.2. The van der Waals surface area contributed by atoms with Crippen molar-refractivity contribution in [3.63, 3.8) is 0 Å². The van der Waals surface area contributed by atoms with Crippen LogP contribution in [0.4, 0.5) is 0 Å². The fourth-order valence-corrected chi connectivity index (χ4v) is 5.05.